The molecule has 2 rings (SSSR count). The van der Waals surface area contributed by atoms with Crippen molar-refractivity contribution in [3.63, 3.8) is 0 Å². The van der Waals surface area contributed by atoms with Gasteiger partial charge in [-0.1, -0.05) is 18.2 Å². The van der Waals surface area contributed by atoms with Crippen molar-refractivity contribution in [1.29, 1.82) is 0 Å². The average molecular weight is 335 g/mol. The molecule has 0 fully saturated rings. The summed E-state index contributed by atoms with van der Waals surface area (Å²) in [5.41, 5.74) is 1.88. The Morgan fingerprint density at radius 3 is 2.17 bits per heavy atom. The highest BCUT2D eigenvalue weighted by molar-refractivity contribution is 5.93. The van der Waals surface area contributed by atoms with Crippen molar-refractivity contribution in [3.8, 4) is 0 Å². The maximum Gasteiger partial charge on any atom is 0.319 e. The molecule has 1 atom stereocenters. The zero-order valence-electron chi connectivity index (χ0n) is 12.6. The molecular weight excluding hydrogens is 320 g/mol. The number of nitrogens with one attached hydrogen (secondary N) is 3. The number of halogens is 2. The molecule has 4 N–H and O–H groups in total. The standard InChI is InChI=1S/C16H15F2N3O3/c1-9(10-5-7-11(8-6-10)15(22)21-24)19-16(23)20-14-12(17)3-2-4-13(14)18/h2-9,24H,1H3,(H,21,22)(H2,19,20,23). The van der Waals surface area contributed by atoms with Crippen molar-refractivity contribution in [2.24, 2.45) is 0 Å². The fourth-order valence-corrected chi connectivity index (χ4v) is 2.03. The predicted octanol–water partition coefficient (Wildman–Crippen LogP) is 2.97. The van der Waals surface area contributed by atoms with Gasteiger partial charge in [0.2, 0.25) is 0 Å². The summed E-state index contributed by atoms with van der Waals surface area (Å²) in [5, 5.41) is 13.2. The van der Waals surface area contributed by atoms with Crippen molar-refractivity contribution in [2.45, 2.75) is 13.0 Å². The maximum atomic E-state index is 13.5. The summed E-state index contributed by atoms with van der Waals surface area (Å²) in [6.45, 7) is 1.67. The smallest absolute Gasteiger partial charge is 0.319 e. The minimum Gasteiger partial charge on any atom is -0.331 e. The third-order valence-electron chi connectivity index (χ3n) is 3.32. The van der Waals surface area contributed by atoms with Gasteiger partial charge in [0, 0.05) is 5.56 Å². The highest BCUT2D eigenvalue weighted by Crippen LogP contribution is 2.19. The minimum atomic E-state index is -0.878. The zero-order valence-corrected chi connectivity index (χ0v) is 12.6. The van der Waals surface area contributed by atoms with E-state index in [0.29, 0.717) is 5.56 Å². The lowest BCUT2D eigenvalue weighted by molar-refractivity contribution is 0.0706. The Kier molecular flexibility index (Phi) is 5.43. The molecule has 3 amide bonds. The molecule has 0 saturated carbocycles. The van der Waals surface area contributed by atoms with E-state index >= 15 is 0 Å². The lowest BCUT2D eigenvalue weighted by atomic mass is 10.1. The summed E-state index contributed by atoms with van der Waals surface area (Å²) >= 11 is 0. The first-order valence-electron chi connectivity index (χ1n) is 6.98. The molecule has 126 valence electrons. The van der Waals surface area contributed by atoms with Crippen LogP contribution in [0.15, 0.2) is 42.5 Å². The van der Waals surface area contributed by atoms with E-state index in [4.69, 9.17) is 5.21 Å². The van der Waals surface area contributed by atoms with Gasteiger partial charge < -0.3 is 10.6 Å². The third kappa shape index (κ3) is 4.05. The first-order chi connectivity index (χ1) is 11.4. The Labute approximate surface area is 136 Å². The van der Waals surface area contributed by atoms with Gasteiger partial charge in [0.1, 0.15) is 17.3 Å². The molecule has 1 unspecified atom stereocenters. The molecule has 0 radical (unpaired) electrons. The molecule has 0 aliphatic rings. The Bertz CT molecular complexity index is 730. The van der Waals surface area contributed by atoms with Crippen molar-refractivity contribution in [1.82, 2.24) is 10.8 Å². The highest BCUT2D eigenvalue weighted by atomic mass is 19.1. The second-order valence-electron chi connectivity index (χ2n) is 4.98. The Morgan fingerprint density at radius 2 is 1.62 bits per heavy atom. The van der Waals surface area contributed by atoms with E-state index in [9.17, 15) is 18.4 Å². The summed E-state index contributed by atoms with van der Waals surface area (Å²) in [6, 6.07) is 8.11. The van der Waals surface area contributed by atoms with Gasteiger partial charge in [0.15, 0.2) is 0 Å². The number of urea groups is 1. The van der Waals surface area contributed by atoms with Gasteiger partial charge in [-0.2, -0.15) is 0 Å². The van der Waals surface area contributed by atoms with Gasteiger partial charge in [-0.25, -0.2) is 19.1 Å². The van der Waals surface area contributed by atoms with Crippen LogP contribution < -0.4 is 16.1 Å². The average Bonchev–Trinajstić information content (AvgIpc) is 2.57. The number of anilines is 1. The van der Waals surface area contributed by atoms with E-state index in [1.165, 1.54) is 23.7 Å². The predicted molar refractivity (Wildman–Crippen MR) is 82.6 cm³/mol. The van der Waals surface area contributed by atoms with E-state index in [-0.39, 0.29) is 5.56 Å². The van der Waals surface area contributed by atoms with Gasteiger partial charge in [0.25, 0.3) is 5.91 Å². The Morgan fingerprint density at radius 1 is 1.04 bits per heavy atom. The van der Waals surface area contributed by atoms with E-state index in [0.717, 1.165) is 12.1 Å². The molecule has 0 aliphatic carbocycles. The molecule has 8 heteroatoms. The molecule has 6 nitrogen and oxygen atoms in total. The summed E-state index contributed by atoms with van der Waals surface area (Å²) in [5.74, 6) is -2.41. The van der Waals surface area contributed by atoms with Crippen LogP contribution in [0.5, 0.6) is 0 Å². The maximum absolute atomic E-state index is 13.5. The molecule has 2 aromatic rings. The lowest BCUT2D eigenvalue weighted by Gasteiger charge is -2.16. The van der Waals surface area contributed by atoms with Crippen LogP contribution in [0.25, 0.3) is 0 Å². The SMILES string of the molecule is CC(NC(=O)Nc1c(F)cccc1F)c1ccc(C(=O)NO)cc1. The van der Waals surface area contributed by atoms with Crippen LogP contribution in [0.1, 0.15) is 28.9 Å². The number of benzene rings is 2. The van der Waals surface area contributed by atoms with Crippen LogP contribution in [-0.2, 0) is 0 Å². The normalized spacial score (nSPS) is 11.5. The van der Waals surface area contributed by atoms with E-state index in [1.54, 1.807) is 19.1 Å². The fraction of sp³-hybridized carbons (Fsp3) is 0.125. The number of amides is 3. The lowest BCUT2D eigenvalue weighted by Crippen LogP contribution is -2.31. The number of hydrogen-bond acceptors (Lipinski definition) is 3. The molecule has 2 aromatic carbocycles. The highest BCUT2D eigenvalue weighted by Gasteiger charge is 2.14. The van der Waals surface area contributed by atoms with Crippen molar-refractivity contribution < 1.29 is 23.6 Å². The zero-order chi connectivity index (χ0) is 17.7. The summed E-state index contributed by atoms with van der Waals surface area (Å²) in [7, 11) is 0. The number of hydroxylamine groups is 1. The third-order valence-corrected chi connectivity index (χ3v) is 3.32. The summed E-state index contributed by atoms with van der Waals surface area (Å²) in [6.07, 6.45) is 0. The summed E-state index contributed by atoms with van der Waals surface area (Å²) < 4.78 is 27.0. The number of para-hydroxylation sites is 1. The van der Waals surface area contributed by atoms with Crippen LogP contribution in [0.2, 0.25) is 0 Å². The molecule has 0 aromatic heterocycles. The van der Waals surface area contributed by atoms with E-state index in [2.05, 4.69) is 10.6 Å². The van der Waals surface area contributed by atoms with Gasteiger partial charge in [-0.3, -0.25) is 10.0 Å². The topological polar surface area (TPSA) is 90.5 Å². The minimum absolute atomic E-state index is 0.242. The van der Waals surface area contributed by atoms with Crippen LogP contribution in [-0.4, -0.2) is 17.1 Å². The molecule has 24 heavy (non-hydrogen) atoms. The van der Waals surface area contributed by atoms with E-state index < -0.39 is 35.3 Å². The van der Waals surface area contributed by atoms with Gasteiger partial charge in [0.05, 0.1) is 6.04 Å². The van der Waals surface area contributed by atoms with Gasteiger partial charge >= 0.3 is 6.03 Å². The number of hydrogen-bond donors (Lipinski definition) is 4. The van der Waals surface area contributed by atoms with Crippen molar-refractivity contribution >= 4 is 17.6 Å². The molecule has 0 bridgehead atoms. The fourth-order valence-electron chi connectivity index (χ4n) is 2.03. The largest absolute Gasteiger partial charge is 0.331 e. The van der Waals surface area contributed by atoms with Gasteiger partial charge in [-0.05, 0) is 36.8 Å². The Balaban J connectivity index is 2.02. The first-order valence-corrected chi connectivity index (χ1v) is 6.98. The van der Waals surface area contributed by atoms with E-state index in [1.807, 2.05) is 0 Å². The molecule has 0 heterocycles. The second kappa shape index (κ2) is 7.51. The van der Waals surface area contributed by atoms with Crippen LogP contribution >= 0.6 is 0 Å². The molecule has 0 aliphatic heterocycles. The molecular formula is C16H15F2N3O3. The first kappa shape index (κ1) is 17.4. The number of rotatable bonds is 4. The van der Waals surface area contributed by atoms with Gasteiger partial charge in [-0.15, -0.1) is 0 Å². The Hall–Kier alpha value is -3.00. The van der Waals surface area contributed by atoms with Crippen molar-refractivity contribution in [2.75, 3.05) is 5.32 Å². The van der Waals surface area contributed by atoms with Crippen molar-refractivity contribution in [3.05, 3.63) is 65.2 Å². The quantitative estimate of drug-likeness (QED) is 0.511. The molecule has 0 spiro atoms. The number of carbonyl (C=O) groups is 2. The molecule has 0 saturated heterocycles. The second-order valence-corrected chi connectivity index (χ2v) is 4.98. The number of carbonyl (C=O) groups excluding carboxylic acids is 2. The summed E-state index contributed by atoms with van der Waals surface area (Å²) in [4.78, 5) is 23.1. The monoisotopic (exact) mass is 335 g/mol. The van der Waals surface area contributed by atoms with Crippen LogP contribution in [0.4, 0.5) is 19.3 Å². The van der Waals surface area contributed by atoms with Crippen LogP contribution in [0, 0.1) is 11.6 Å². The van der Waals surface area contributed by atoms with Crippen LogP contribution in [0.3, 0.4) is 0 Å².